The minimum atomic E-state index is -0.991. The zero-order valence-electron chi connectivity index (χ0n) is 13.8. The number of carboxylic acid groups (broad SMARTS) is 1. The molecule has 0 radical (unpaired) electrons. The SMILES string of the molecule is CCc1cc2c(cc1C(=O)O)N(CCCCOC)C(=O)[C@@H](C)O2. The molecule has 0 fully saturated rings. The van der Waals surface area contributed by atoms with Crippen molar-refractivity contribution in [3.8, 4) is 5.75 Å². The summed E-state index contributed by atoms with van der Waals surface area (Å²) < 4.78 is 10.7. The summed E-state index contributed by atoms with van der Waals surface area (Å²) in [5.41, 5.74) is 1.47. The van der Waals surface area contributed by atoms with Crippen LogP contribution in [-0.4, -0.2) is 43.3 Å². The molecule has 1 aliphatic rings. The molecule has 0 saturated heterocycles. The molecule has 23 heavy (non-hydrogen) atoms. The van der Waals surface area contributed by atoms with Crippen molar-refractivity contribution in [2.45, 2.75) is 39.2 Å². The van der Waals surface area contributed by atoms with E-state index in [4.69, 9.17) is 9.47 Å². The van der Waals surface area contributed by atoms with Crippen molar-refractivity contribution in [1.29, 1.82) is 0 Å². The second-order valence-electron chi connectivity index (χ2n) is 5.59. The number of carbonyl (C=O) groups excluding carboxylic acids is 1. The van der Waals surface area contributed by atoms with Gasteiger partial charge in [-0.05, 0) is 43.9 Å². The van der Waals surface area contributed by atoms with Gasteiger partial charge in [0.25, 0.3) is 5.91 Å². The predicted octanol–water partition coefficient (Wildman–Crippen LogP) is 2.49. The first-order valence-corrected chi connectivity index (χ1v) is 7.86. The molecule has 126 valence electrons. The van der Waals surface area contributed by atoms with E-state index in [2.05, 4.69) is 0 Å². The molecule has 1 aromatic rings. The molecule has 1 heterocycles. The maximum atomic E-state index is 12.4. The summed E-state index contributed by atoms with van der Waals surface area (Å²) in [5, 5.41) is 9.39. The second kappa shape index (κ2) is 7.46. The Morgan fingerprint density at radius 1 is 1.39 bits per heavy atom. The fourth-order valence-electron chi connectivity index (χ4n) is 2.73. The summed E-state index contributed by atoms with van der Waals surface area (Å²) >= 11 is 0. The summed E-state index contributed by atoms with van der Waals surface area (Å²) in [6.07, 6.45) is 1.65. The highest BCUT2D eigenvalue weighted by Crippen LogP contribution is 2.37. The molecule has 0 spiro atoms. The highest BCUT2D eigenvalue weighted by atomic mass is 16.5. The molecule has 0 unspecified atom stereocenters. The number of ether oxygens (including phenoxy) is 2. The van der Waals surface area contributed by atoms with Gasteiger partial charge in [0.05, 0.1) is 11.3 Å². The van der Waals surface area contributed by atoms with Gasteiger partial charge in [-0.3, -0.25) is 4.79 Å². The maximum absolute atomic E-state index is 12.4. The van der Waals surface area contributed by atoms with E-state index in [-0.39, 0.29) is 11.5 Å². The zero-order valence-corrected chi connectivity index (χ0v) is 13.8. The number of rotatable bonds is 7. The van der Waals surface area contributed by atoms with Crippen molar-refractivity contribution in [3.63, 3.8) is 0 Å². The minimum Gasteiger partial charge on any atom is -0.479 e. The van der Waals surface area contributed by atoms with Gasteiger partial charge in [-0.25, -0.2) is 4.79 Å². The number of fused-ring (bicyclic) bond motifs is 1. The number of carboxylic acids is 1. The smallest absolute Gasteiger partial charge is 0.336 e. The van der Waals surface area contributed by atoms with E-state index in [0.29, 0.717) is 36.6 Å². The van der Waals surface area contributed by atoms with E-state index in [1.165, 1.54) is 0 Å². The fraction of sp³-hybridized carbons (Fsp3) is 0.529. The third-order valence-corrected chi connectivity index (χ3v) is 3.98. The average Bonchev–Trinajstić information content (AvgIpc) is 2.53. The number of anilines is 1. The van der Waals surface area contributed by atoms with Crippen molar-refractivity contribution in [2.75, 3.05) is 25.2 Å². The molecule has 0 saturated carbocycles. The van der Waals surface area contributed by atoms with E-state index in [9.17, 15) is 14.7 Å². The van der Waals surface area contributed by atoms with Gasteiger partial charge in [-0.2, -0.15) is 0 Å². The molecule has 6 nitrogen and oxygen atoms in total. The standard InChI is InChI=1S/C17H23NO5/c1-4-12-9-15-14(10-13(12)17(20)21)18(7-5-6-8-22-3)16(19)11(2)23-15/h9-11H,4-8H2,1-3H3,(H,20,21)/t11-/m1/s1. The van der Waals surface area contributed by atoms with E-state index in [1.807, 2.05) is 6.92 Å². The highest BCUT2D eigenvalue weighted by Gasteiger charge is 2.32. The number of methoxy groups -OCH3 is 1. The number of nitrogens with zero attached hydrogens (tertiary/aromatic N) is 1. The lowest BCUT2D eigenvalue weighted by Gasteiger charge is -2.33. The third kappa shape index (κ3) is 3.64. The molecule has 0 aromatic heterocycles. The van der Waals surface area contributed by atoms with Gasteiger partial charge in [0.2, 0.25) is 0 Å². The van der Waals surface area contributed by atoms with Gasteiger partial charge in [0.1, 0.15) is 5.75 Å². The molecule has 6 heteroatoms. The maximum Gasteiger partial charge on any atom is 0.336 e. The Morgan fingerprint density at radius 2 is 2.13 bits per heavy atom. The molecule has 0 aliphatic carbocycles. The summed E-state index contributed by atoms with van der Waals surface area (Å²) in [6.45, 7) is 4.77. The van der Waals surface area contributed by atoms with E-state index < -0.39 is 12.1 Å². The quantitative estimate of drug-likeness (QED) is 0.781. The number of benzene rings is 1. The largest absolute Gasteiger partial charge is 0.479 e. The van der Waals surface area contributed by atoms with Crippen LogP contribution in [0.5, 0.6) is 5.75 Å². The summed E-state index contributed by atoms with van der Waals surface area (Å²) in [5.74, 6) is -0.559. The van der Waals surface area contributed by atoms with Crippen LogP contribution in [0.25, 0.3) is 0 Å². The number of hydrogen-bond donors (Lipinski definition) is 1. The van der Waals surface area contributed by atoms with Crippen LogP contribution in [0.4, 0.5) is 5.69 Å². The van der Waals surface area contributed by atoms with Gasteiger partial charge in [-0.15, -0.1) is 0 Å². The molecular weight excluding hydrogens is 298 g/mol. The van der Waals surface area contributed by atoms with Gasteiger partial charge in [0, 0.05) is 20.3 Å². The Balaban J connectivity index is 2.35. The Labute approximate surface area is 136 Å². The van der Waals surface area contributed by atoms with Gasteiger partial charge >= 0.3 is 5.97 Å². The number of hydrogen-bond acceptors (Lipinski definition) is 4. The fourth-order valence-corrected chi connectivity index (χ4v) is 2.73. The van der Waals surface area contributed by atoms with Gasteiger partial charge in [-0.1, -0.05) is 6.92 Å². The lowest BCUT2D eigenvalue weighted by molar-refractivity contribution is -0.125. The van der Waals surface area contributed by atoms with Crippen molar-refractivity contribution in [2.24, 2.45) is 0 Å². The van der Waals surface area contributed by atoms with Crippen LogP contribution < -0.4 is 9.64 Å². The molecule has 1 atom stereocenters. The van der Waals surface area contributed by atoms with Gasteiger partial charge in [0.15, 0.2) is 6.10 Å². The highest BCUT2D eigenvalue weighted by molar-refractivity contribution is 6.01. The van der Waals surface area contributed by atoms with Crippen molar-refractivity contribution in [3.05, 3.63) is 23.3 Å². The summed E-state index contributed by atoms with van der Waals surface area (Å²) in [7, 11) is 1.64. The average molecular weight is 321 g/mol. The van der Waals surface area contributed by atoms with Crippen molar-refractivity contribution in [1.82, 2.24) is 0 Å². The Morgan fingerprint density at radius 3 is 2.74 bits per heavy atom. The number of carbonyl (C=O) groups is 2. The number of aromatic carboxylic acids is 1. The van der Waals surface area contributed by atoms with E-state index >= 15 is 0 Å². The normalized spacial score (nSPS) is 16.9. The first-order chi connectivity index (χ1) is 11.0. The topological polar surface area (TPSA) is 76.1 Å². The number of amides is 1. The molecule has 1 aliphatic heterocycles. The lowest BCUT2D eigenvalue weighted by Crippen LogP contribution is -2.45. The predicted molar refractivity (Wildman–Crippen MR) is 86.3 cm³/mol. The summed E-state index contributed by atoms with van der Waals surface area (Å²) in [4.78, 5) is 25.5. The van der Waals surface area contributed by atoms with Crippen molar-refractivity contribution >= 4 is 17.6 Å². The summed E-state index contributed by atoms with van der Waals surface area (Å²) in [6, 6.07) is 3.29. The van der Waals surface area contributed by atoms with E-state index in [1.54, 1.807) is 31.1 Å². The van der Waals surface area contributed by atoms with Crippen LogP contribution >= 0.6 is 0 Å². The Kier molecular flexibility index (Phi) is 5.60. The monoisotopic (exact) mass is 321 g/mol. The number of unbranched alkanes of at least 4 members (excludes halogenated alkanes) is 1. The van der Waals surface area contributed by atoms with Gasteiger partial charge < -0.3 is 19.5 Å². The van der Waals surface area contributed by atoms with Crippen LogP contribution in [0.15, 0.2) is 12.1 Å². The molecule has 0 bridgehead atoms. The van der Waals surface area contributed by atoms with Crippen LogP contribution in [0.2, 0.25) is 0 Å². The third-order valence-electron chi connectivity index (χ3n) is 3.98. The van der Waals surface area contributed by atoms with Crippen LogP contribution in [-0.2, 0) is 16.0 Å². The second-order valence-corrected chi connectivity index (χ2v) is 5.59. The van der Waals surface area contributed by atoms with Crippen LogP contribution in [0.1, 0.15) is 42.6 Å². The molecule has 2 rings (SSSR count). The van der Waals surface area contributed by atoms with Crippen LogP contribution in [0.3, 0.4) is 0 Å². The van der Waals surface area contributed by atoms with Crippen LogP contribution in [0, 0.1) is 0 Å². The molecule has 1 aromatic carbocycles. The molecule has 1 N–H and O–H groups in total. The van der Waals surface area contributed by atoms with Crippen molar-refractivity contribution < 1.29 is 24.2 Å². The lowest BCUT2D eigenvalue weighted by atomic mass is 10.0. The Hall–Kier alpha value is -2.08. The Bertz CT molecular complexity index is 599. The minimum absolute atomic E-state index is 0.143. The first kappa shape index (κ1) is 17.3. The van der Waals surface area contributed by atoms with E-state index in [0.717, 1.165) is 12.8 Å². The zero-order chi connectivity index (χ0) is 17.0. The molecule has 1 amide bonds. The first-order valence-electron chi connectivity index (χ1n) is 7.86. The molecular formula is C17H23NO5. The number of aryl methyl sites for hydroxylation is 1.